The number of carboxylic acid groups (broad SMARTS) is 1. The average Bonchev–Trinajstić information content (AvgIpc) is 2.66. The van der Waals surface area contributed by atoms with Crippen LogP contribution in [0.4, 0.5) is 0 Å². The molecule has 0 unspecified atom stereocenters. The Kier molecular flexibility index (Phi) is 4.22. The lowest BCUT2D eigenvalue weighted by Crippen LogP contribution is -2.38. The predicted molar refractivity (Wildman–Crippen MR) is 104 cm³/mol. The van der Waals surface area contributed by atoms with Crippen molar-refractivity contribution in [3.63, 3.8) is 0 Å². The number of aryl methyl sites for hydroxylation is 1. The standard InChI is InChI=1S/C21H19N3O4/c1-12-6-7-14-4-3-5-17(19(14)22-12)24-11-15-10-23(13(2)25)9-8-16(15)18(20(24)26)21(27)28/h3-7,11H,8-10H2,1-2H3,(H,27,28). The molecule has 0 spiro atoms. The summed E-state index contributed by atoms with van der Waals surface area (Å²) in [6.45, 7) is 4.03. The van der Waals surface area contributed by atoms with E-state index in [1.165, 1.54) is 11.5 Å². The third-order valence-electron chi connectivity index (χ3n) is 5.16. The predicted octanol–water partition coefficient (Wildman–Crippen LogP) is 2.30. The highest BCUT2D eigenvalue weighted by Gasteiger charge is 2.27. The fourth-order valence-corrected chi connectivity index (χ4v) is 3.75. The molecule has 3 aromatic rings. The van der Waals surface area contributed by atoms with Gasteiger partial charge in [0.15, 0.2) is 0 Å². The molecule has 1 aliphatic heterocycles. The summed E-state index contributed by atoms with van der Waals surface area (Å²) in [6, 6.07) is 9.25. The maximum absolute atomic E-state index is 13.1. The number of nitrogens with zero attached hydrogens (tertiary/aromatic N) is 3. The topological polar surface area (TPSA) is 92.5 Å². The van der Waals surface area contributed by atoms with Crippen molar-refractivity contribution in [3.05, 3.63) is 69.3 Å². The molecular formula is C21H19N3O4. The van der Waals surface area contributed by atoms with Gasteiger partial charge in [0.25, 0.3) is 5.56 Å². The van der Waals surface area contributed by atoms with Crippen LogP contribution in [0.5, 0.6) is 0 Å². The van der Waals surface area contributed by atoms with Gasteiger partial charge in [0, 0.05) is 37.3 Å². The summed E-state index contributed by atoms with van der Waals surface area (Å²) in [5, 5.41) is 10.6. The first-order valence-corrected chi connectivity index (χ1v) is 9.00. The molecule has 0 radical (unpaired) electrons. The zero-order chi connectivity index (χ0) is 20.0. The second kappa shape index (κ2) is 6.60. The number of rotatable bonds is 2. The zero-order valence-corrected chi connectivity index (χ0v) is 15.6. The van der Waals surface area contributed by atoms with Crippen LogP contribution in [0.25, 0.3) is 16.6 Å². The average molecular weight is 377 g/mol. The van der Waals surface area contributed by atoms with Crippen LogP contribution in [-0.4, -0.2) is 38.0 Å². The van der Waals surface area contributed by atoms with Gasteiger partial charge >= 0.3 is 5.97 Å². The molecule has 7 nitrogen and oxygen atoms in total. The van der Waals surface area contributed by atoms with E-state index < -0.39 is 11.5 Å². The van der Waals surface area contributed by atoms with Crippen molar-refractivity contribution < 1.29 is 14.7 Å². The van der Waals surface area contributed by atoms with Gasteiger partial charge in [0.2, 0.25) is 5.91 Å². The largest absolute Gasteiger partial charge is 0.477 e. The number of aromatic carboxylic acids is 1. The van der Waals surface area contributed by atoms with Crippen molar-refractivity contribution in [3.8, 4) is 5.69 Å². The molecule has 4 rings (SSSR count). The van der Waals surface area contributed by atoms with Crippen LogP contribution in [0.1, 0.15) is 34.1 Å². The van der Waals surface area contributed by atoms with Gasteiger partial charge in [0.1, 0.15) is 5.56 Å². The van der Waals surface area contributed by atoms with E-state index >= 15 is 0 Å². The summed E-state index contributed by atoms with van der Waals surface area (Å²) in [7, 11) is 0. The minimum Gasteiger partial charge on any atom is -0.477 e. The molecule has 1 aliphatic rings. The summed E-state index contributed by atoms with van der Waals surface area (Å²) in [6.07, 6.45) is 2.00. The maximum atomic E-state index is 13.1. The lowest BCUT2D eigenvalue weighted by Gasteiger charge is -2.29. The third kappa shape index (κ3) is 2.85. The van der Waals surface area contributed by atoms with E-state index in [0.29, 0.717) is 35.3 Å². The van der Waals surface area contributed by atoms with Crippen LogP contribution in [0.15, 0.2) is 41.3 Å². The Hall–Kier alpha value is -3.48. The molecule has 142 valence electrons. The fourth-order valence-electron chi connectivity index (χ4n) is 3.75. The Morgan fingerprint density at radius 1 is 1.18 bits per heavy atom. The molecule has 1 aromatic carbocycles. The Balaban J connectivity index is 2.02. The minimum atomic E-state index is -1.25. The normalized spacial score (nSPS) is 13.4. The summed E-state index contributed by atoms with van der Waals surface area (Å²) in [5.74, 6) is -1.33. The van der Waals surface area contributed by atoms with Crippen LogP contribution in [0.2, 0.25) is 0 Å². The number of carboxylic acids is 1. The number of hydrogen-bond acceptors (Lipinski definition) is 4. The monoisotopic (exact) mass is 377 g/mol. The summed E-state index contributed by atoms with van der Waals surface area (Å²) < 4.78 is 1.35. The SMILES string of the molecule is CC(=O)N1CCc2c(cn(-c3cccc4ccc(C)nc34)c(=O)c2C(=O)O)C1. The molecule has 1 amide bonds. The number of hydrogen-bond donors (Lipinski definition) is 1. The van der Waals surface area contributed by atoms with E-state index in [4.69, 9.17) is 0 Å². The first-order chi connectivity index (χ1) is 13.4. The number of fused-ring (bicyclic) bond motifs is 2. The number of pyridine rings is 2. The second-order valence-electron chi connectivity index (χ2n) is 6.98. The van der Waals surface area contributed by atoms with Crippen LogP contribution < -0.4 is 5.56 Å². The molecule has 0 aliphatic carbocycles. The number of para-hydroxylation sites is 1. The van der Waals surface area contributed by atoms with Crippen molar-refractivity contribution in [2.75, 3.05) is 6.54 Å². The van der Waals surface area contributed by atoms with E-state index in [2.05, 4.69) is 4.98 Å². The molecule has 1 N–H and O–H groups in total. The molecule has 0 bridgehead atoms. The third-order valence-corrected chi connectivity index (χ3v) is 5.16. The van der Waals surface area contributed by atoms with Crippen molar-refractivity contribution >= 4 is 22.8 Å². The van der Waals surface area contributed by atoms with Gasteiger partial charge in [-0.15, -0.1) is 0 Å². The Labute approximate surface area is 160 Å². The molecule has 0 fully saturated rings. The van der Waals surface area contributed by atoms with E-state index in [1.54, 1.807) is 17.2 Å². The molecule has 0 saturated heterocycles. The fraction of sp³-hybridized carbons (Fsp3) is 0.238. The molecule has 0 atom stereocenters. The minimum absolute atomic E-state index is 0.0808. The molecule has 28 heavy (non-hydrogen) atoms. The summed E-state index contributed by atoms with van der Waals surface area (Å²) in [4.78, 5) is 43.0. The number of aromatic nitrogens is 2. The van der Waals surface area contributed by atoms with Gasteiger partial charge in [-0.3, -0.25) is 19.1 Å². The van der Waals surface area contributed by atoms with E-state index in [1.807, 2.05) is 31.2 Å². The lowest BCUT2D eigenvalue weighted by molar-refractivity contribution is -0.129. The quantitative estimate of drug-likeness (QED) is 0.740. The molecule has 0 saturated carbocycles. The number of carbonyl (C=O) groups excluding carboxylic acids is 1. The maximum Gasteiger partial charge on any atom is 0.341 e. The van der Waals surface area contributed by atoms with Crippen molar-refractivity contribution in [2.45, 2.75) is 26.8 Å². The summed E-state index contributed by atoms with van der Waals surface area (Å²) in [5.41, 5.74) is 2.31. The smallest absolute Gasteiger partial charge is 0.341 e. The van der Waals surface area contributed by atoms with Gasteiger partial charge < -0.3 is 10.0 Å². The highest BCUT2D eigenvalue weighted by molar-refractivity contribution is 5.91. The molecule has 7 heteroatoms. The number of amides is 1. The first kappa shape index (κ1) is 17.9. The summed E-state index contributed by atoms with van der Waals surface area (Å²) >= 11 is 0. The molecular weight excluding hydrogens is 358 g/mol. The van der Waals surface area contributed by atoms with Gasteiger partial charge in [-0.25, -0.2) is 4.79 Å². The van der Waals surface area contributed by atoms with Crippen molar-refractivity contribution in [1.29, 1.82) is 0 Å². The Morgan fingerprint density at radius 3 is 2.68 bits per heavy atom. The van der Waals surface area contributed by atoms with Gasteiger partial charge in [-0.05, 0) is 36.6 Å². The lowest BCUT2D eigenvalue weighted by atomic mass is 9.96. The number of carbonyl (C=O) groups is 2. The Bertz CT molecular complexity index is 1200. The van der Waals surface area contributed by atoms with Gasteiger partial charge in [0.05, 0.1) is 11.2 Å². The van der Waals surface area contributed by atoms with Gasteiger partial charge in [-0.2, -0.15) is 0 Å². The highest BCUT2D eigenvalue weighted by atomic mass is 16.4. The highest BCUT2D eigenvalue weighted by Crippen LogP contribution is 2.25. The van der Waals surface area contributed by atoms with Gasteiger partial charge in [-0.1, -0.05) is 18.2 Å². The Morgan fingerprint density at radius 2 is 1.96 bits per heavy atom. The molecule has 2 aromatic heterocycles. The van der Waals surface area contributed by atoms with Crippen molar-refractivity contribution in [2.24, 2.45) is 0 Å². The van der Waals surface area contributed by atoms with E-state index in [0.717, 1.165) is 11.1 Å². The molecule has 3 heterocycles. The first-order valence-electron chi connectivity index (χ1n) is 9.00. The van der Waals surface area contributed by atoms with Crippen molar-refractivity contribution in [1.82, 2.24) is 14.5 Å². The van der Waals surface area contributed by atoms with Crippen LogP contribution in [0, 0.1) is 6.92 Å². The van der Waals surface area contributed by atoms with Crippen LogP contribution in [0.3, 0.4) is 0 Å². The second-order valence-corrected chi connectivity index (χ2v) is 6.98. The van der Waals surface area contributed by atoms with Crippen LogP contribution >= 0.6 is 0 Å². The zero-order valence-electron chi connectivity index (χ0n) is 15.6. The van der Waals surface area contributed by atoms with Crippen LogP contribution in [-0.2, 0) is 17.8 Å². The van der Waals surface area contributed by atoms with E-state index in [-0.39, 0.29) is 18.0 Å². The van der Waals surface area contributed by atoms with E-state index in [9.17, 15) is 19.5 Å². The number of benzene rings is 1.